The first kappa shape index (κ1) is 16.2. The van der Waals surface area contributed by atoms with E-state index in [1.807, 2.05) is 27.7 Å². The van der Waals surface area contributed by atoms with E-state index in [9.17, 15) is 13.2 Å². The molecule has 0 atom stereocenters. The highest BCUT2D eigenvalue weighted by molar-refractivity contribution is 6.63. The molecule has 0 spiro atoms. The van der Waals surface area contributed by atoms with Crippen LogP contribution in [0.25, 0.3) is 0 Å². The van der Waals surface area contributed by atoms with Crippen LogP contribution in [-0.4, -0.2) is 25.4 Å². The fourth-order valence-corrected chi connectivity index (χ4v) is 2.18. The highest BCUT2D eigenvalue weighted by Gasteiger charge is 2.52. The first-order valence-corrected chi connectivity index (χ1v) is 6.61. The van der Waals surface area contributed by atoms with Crippen molar-refractivity contribution in [2.24, 2.45) is 0 Å². The van der Waals surface area contributed by atoms with E-state index in [1.165, 1.54) is 13.2 Å². The van der Waals surface area contributed by atoms with Gasteiger partial charge in [-0.25, -0.2) is 13.2 Å². The fourth-order valence-electron chi connectivity index (χ4n) is 2.18. The van der Waals surface area contributed by atoms with Gasteiger partial charge < -0.3 is 14.0 Å². The van der Waals surface area contributed by atoms with E-state index in [0.717, 1.165) is 6.07 Å². The van der Waals surface area contributed by atoms with Gasteiger partial charge >= 0.3 is 7.12 Å². The molecule has 0 saturated carbocycles. The summed E-state index contributed by atoms with van der Waals surface area (Å²) in [5.74, 6) is -1.24. The summed E-state index contributed by atoms with van der Waals surface area (Å²) in [7, 11) is 0.332. The fraction of sp³-hybridized carbons (Fsp3) is 0.571. The van der Waals surface area contributed by atoms with Crippen LogP contribution in [-0.2, 0) is 9.31 Å². The van der Waals surface area contributed by atoms with E-state index in [1.54, 1.807) is 0 Å². The monoisotopic (exact) mass is 302 g/mol. The molecule has 0 N–H and O–H groups in total. The Kier molecular flexibility index (Phi) is 4.01. The third-order valence-electron chi connectivity index (χ3n) is 4.10. The summed E-state index contributed by atoms with van der Waals surface area (Å²) >= 11 is 0. The lowest BCUT2D eigenvalue weighted by Gasteiger charge is -2.32. The molecule has 0 aromatic heterocycles. The molecule has 116 valence electrons. The SMILES string of the molecule is COc1c(B2OC(C)(C)C(C)(C)O2)ccc(F)c1C(F)F. The number of rotatable bonds is 3. The average molecular weight is 302 g/mol. The van der Waals surface area contributed by atoms with E-state index in [0.29, 0.717) is 0 Å². The van der Waals surface area contributed by atoms with Gasteiger partial charge in [-0.15, -0.1) is 0 Å². The minimum absolute atomic E-state index is 0.233. The van der Waals surface area contributed by atoms with Crippen LogP contribution < -0.4 is 10.2 Å². The molecule has 0 radical (unpaired) electrons. The molecule has 1 aromatic rings. The summed E-state index contributed by atoms with van der Waals surface area (Å²) in [4.78, 5) is 0. The zero-order valence-corrected chi connectivity index (χ0v) is 12.7. The van der Waals surface area contributed by atoms with Crippen LogP contribution in [0.5, 0.6) is 5.75 Å². The smallest absolute Gasteiger partial charge is 0.497 e. The second-order valence-corrected chi connectivity index (χ2v) is 5.97. The number of ether oxygens (including phenoxy) is 1. The number of hydrogen-bond acceptors (Lipinski definition) is 3. The van der Waals surface area contributed by atoms with Crippen molar-refractivity contribution in [2.75, 3.05) is 7.11 Å². The molecular formula is C14H18BF3O3. The normalized spacial score (nSPS) is 20.1. The van der Waals surface area contributed by atoms with Gasteiger partial charge in [0.05, 0.1) is 23.9 Å². The van der Waals surface area contributed by atoms with Crippen molar-refractivity contribution in [1.29, 1.82) is 0 Å². The maximum absolute atomic E-state index is 13.6. The predicted octanol–water partition coefficient (Wildman–Crippen LogP) is 3.07. The number of methoxy groups -OCH3 is 1. The van der Waals surface area contributed by atoms with Crippen molar-refractivity contribution >= 4 is 12.6 Å². The number of benzene rings is 1. The van der Waals surface area contributed by atoms with Crippen LogP contribution in [0.3, 0.4) is 0 Å². The Morgan fingerprint density at radius 1 is 1.10 bits per heavy atom. The van der Waals surface area contributed by atoms with Crippen molar-refractivity contribution in [1.82, 2.24) is 0 Å². The molecule has 0 bridgehead atoms. The molecule has 1 aliphatic heterocycles. The number of halogens is 3. The largest absolute Gasteiger partial charge is 0.498 e. The minimum Gasteiger partial charge on any atom is -0.497 e. The lowest BCUT2D eigenvalue weighted by molar-refractivity contribution is 0.00578. The van der Waals surface area contributed by atoms with Crippen LogP contribution in [0, 0.1) is 5.82 Å². The molecule has 1 saturated heterocycles. The number of hydrogen-bond donors (Lipinski definition) is 0. The lowest BCUT2D eigenvalue weighted by atomic mass is 9.77. The van der Waals surface area contributed by atoms with Crippen LogP contribution in [0.1, 0.15) is 39.7 Å². The van der Waals surface area contributed by atoms with Gasteiger partial charge in [0.2, 0.25) is 0 Å². The topological polar surface area (TPSA) is 27.7 Å². The van der Waals surface area contributed by atoms with E-state index in [4.69, 9.17) is 14.0 Å². The molecule has 1 aromatic carbocycles. The quantitative estimate of drug-likeness (QED) is 0.803. The third kappa shape index (κ3) is 2.64. The molecule has 0 aliphatic carbocycles. The van der Waals surface area contributed by atoms with Gasteiger partial charge in [-0.05, 0) is 33.8 Å². The van der Waals surface area contributed by atoms with Crippen LogP contribution >= 0.6 is 0 Å². The van der Waals surface area contributed by atoms with Gasteiger partial charge in [0.15, 0.2) is 0 Å². The Morgan fingerprint density at radius 3 is 2.05 bits per heavy atom. The Bertz CT molecular complexity index is 531. The van der Waals surface area contributed by atoms with Crippen molar-refractivity contribution in [3.05, 3.63) is 23.5 Å². The second-order valence-electron chi connectivity index (χ2n) is 5.97. The van der Waals surface area contributed by atoms with Crippen molar-refractivity contribution in [3.8, 4) is 5.75 Å². The molecule has 21 heavy (non-hydrogen) atoms. The van der Waals surface area contributed by atoms with Crippen LogP contribution in [0.4, 0.5) is 13.2 Å². The predicted molar refractivity (Wildman–Crippen MR) is 73.6 cm³/mol. The number of alkyl halides is 2. The minimum atomic E-state index is -2.98. The van der Waals surface area contributed by atoms with Crippen molar-refractivity contribution in [3.63, 3.8) is 0 Å². The van der Waals surface area contributed by atoms with Gasteiger partial charge in [0.1, 0.15) is 11.6 Å². The molecule has 2 rings (SSSR count). The molecule has 1 fully saturated rings. The highest BCUT2D eigenvalue weighted by Crippen LogP contribution is 2.38. The Labute approximate surface area is 122 Å². The molecule has 0 amide bonds. The van der Waals surface area contributed by atoms with Gasteiger partial charge in [-0.1, -0.05) is 6.07 Å². The zero-order valence-electron chi connectivity index (χ0n) is 12.7. The molecule has 3 nitrogen and oxygen atoms in total. The van der Waals surface area contributed by atoms with Gasteiger partial charge in [-0.3, -0.25) is 0 Å². The lowest BCUT2D eigenvalue weighted by Crippen LogP contribution is -2.41. The molecule has 0 unspecified atom stereocenters. The zero-order chi connectivity index (χ0) is 16.0. The van der Waals surface area contributed by atoms with Crippen LogP contribution in [0.2, 0.25) is 0 Å². The van der Waals surface area contributed by atoms with Crippen LogP contribution in [0.15, 0.2) is 12.1 Å². The molecule has 1 heterocycles. The van der Waals surface area contributed by atoms with Gasteiger partial charge in [-0.2, -0.15) is 0 Å². The maximum atomic E-state index is 13.6. The molecule has 7 heteroatoms. The Hall–Kier alpha value is -1.21. The van der Waals surface area contributed by atoms with Crippen molar-refractivity contribution < 1.29 is 27.2 Å². The van der Waals surface area contributed by atoms with Gasteiger partial charge in [0.25, 0.3) is 6.43 Å². The van der Waals surface area contributed by atoms with Crippen molar-refractivity contribution in [2.45, 2.75) is 45.3 Å². The second kappa shape index (κ2) is 5.21. The van der Waals surface area contributed by atoms with E-state index in [2.05, 4.69) is 0 Å². The summed E-state index contributed by atoms with van der Waals surface area (Å²) in [6.45, 7) is 7.38. The third-order valence-corrected chi connectivity index (χ3v) is 4.10. The maximum Gasteiger partial charge on any atom is 0.498 e. The van der Waals surface area contributed by atoms with E-state index in [-0.39, 0.29) is 11.2 Å². The Morgan fingerprint density at radius 2 is 1.62 bits per heavy atom. The summed E-state index contributed by atoms with van der Waals surface area (Å²) in [5, 5.41) is 0. The molecular weight excluding hydrogens is 284 g/mol. The Balaban J connectivity index is 2.49. The first-order valence-electron chi connectivity index (χ1n) is 6.61. The van der Waals surface area contributed by atoms with E-state index >= 15 is 0 Å². The summed E-state index contributed by atoms with van der Waals surface area (Å²) < 4.78 is 56.3. The van der Waals surface area contributed by atoms with Gasteiger partial charge in [0, 0.05) is 5.46 Å². The summed E-state index contributed by atoms with van der Waals surface area (Å²) in [5.41, 5.74) is -1.76. The summed E-state index contributed by atoms with van der Waals surface area (Å²) in [6, 6.07) is 2.33. The standard InChI is InChI=1S/C14H18BF3O3/c1-13(2)14(3,4)21-15(20-13)8-6-7-9(16)10(12(17)18)11(8)19-5/h6-7,12H,1-5H3. The van der Waals surface area contributed by atoms with E-state index < -0.39 is 36.1 Å². The average Bonchev–Trinajstić information content (AvgIpc) is 2.57. The highest BCUT2D eigenvalue weighted by atomic mass is 19.3. The first-order chi connectivity index (χ1) is 9.60. The summed E-state index contributed by atoms with van der Waals surface area (Å²) in [6.07, 6.45) is -2.98. The molecule has 1 aliphatic rings.